The SMILES string of the molecule is CCCCCOc1ccc(C2c3c(oc4ccccc4c3=O)C(=O)N2Cc2ccc(OC)cc2)cc1OC. The number of hydrogen-bond acceptors (Lipinski definition) is 6. The molecule has 0 saturated heterocycles. The molecule has 7 nitrogen and oxygen atoms in total. The van der Waals surface area contributed by atoms with Gasteiger partial charge >= 0.3 is 0 Å². The van der Waals surface area contributed by atoms with E-state index in [9.17, 15) is 9.59 Å². The lowest BCUT2D eigenvalue weighted by Gasteiger charge is -2.26. The Morgan fingerprint density at radius 3 is 2.42 bits per heavy atom. The van der Waals surface area contributed by atoms with Gasteiger partial charge in [-0.15, -0.1) is 0 Å². The molecule has 38 heavy (non-hydrogen) atoms. The van der Waals surface area contributed by atoms with Gasteiger partial charge in [-0.2, -0.15) is 0 Å². The lowest BCUT2D eigenvalue weighted by Crippen LogP contribution is -2.29. The number of nitrogens with zero attached hydrogens (tertiary/aromatic N) is 1. The van der Waals surface area contributed by atoms with Crippen LogP contribution in [-0.4, -0.2) is 31.6 Å². The number of unbranched alkanes of at least 4 members (excludes halogenated alkanes) is 2. The van der Waals surface area contributed by atoms with Crippen molar-refractivity contribution in [3.8, 4) is 17.2 Å². The smallest absolute Gasteiger partial charge is 0.291 e. The van der Waals surface area contributed by atoms with E-state index >= 15 is 0 Å². The number of ether oxygens (including phenoxy) is 3. The standard InChI is InChI=1S/C31H31NO6/c1-4-5-8-17-37-25-16-13-21(18-26(25)36-3)28-27-29(33)23-9-6-7-10-24(23)38-30(27)31(34)32(28)19-20-11-14-22(35-2)15-12-20/h6-7,9-16,18,28H,4-5,8,17,19H2,1-3H3. The van der Waals surface area contributed by atoms with E-state index in [1.165, 1.54) is 0 Å². The van der Waals surface area contributed by atoms with Gasteiger partial charge in [0.05, 0.1) is 37.8 Å². The lowest BCUT2D eigenvalue weighted by molar-refractivity contribution is 0.0714. The molecule has 5 rings (SSSR count). The van der Waals surface area contributed by atoms with Gasteiger partial charge < -0.3 is 23.5 Å². The van der Waals surface area contributed by atoms with E-state index in [0.717, 1.165) is 36.1 Å². The summed E-state index contributed by atoms with van der Waals surface area (Å²) in [6.07, 6.45) is 3.15. The molecular weight excluding hydrogens is 482 g/mol. The summed E-state index contributed by atoms with van der Waals surface area (Å²) in [4.78, 5) is 29.2. The van der Waals surface area contributed by atoms with E-state index in [-0.39, 0.29) is 23.6 Å². The van der Waals surface area contributed by atoms with E-state index in [4.69, 9.17) is 18.6 Å². The van der Waals surface area contributed by atoms with Crippen LogP contribution in [0.2, 0.25) is 0 Å². The maximum absolute atomic E-state index is 13.7. The van der Waals surface area contributed by atoms with Gasteiger partial charge in [0.25, 0.3) is 5.91 Å². The van der Waals surface area contributed by atoms with Crippen LogP contribution in [0.25, 0.3) is 11.0 Å². The predicted molar refractivity (Wildman–Crippen MR) is 145 cm³/mol. The van der Waals surface area contributed by atoms with Crippen LogP contribution >= 0.6 is 0 Å². The van der Waals surface area contributed by atoms with Crippen molar-refractivity contribution in [2.24, 2.45) is 0 Å². The zero-order valence-corrected chi connectivity index (χ0v) is 21.9. The Morgan fingerprint density at radius 1 is 0.895 bits per heavy atom. The molecular formula is C31H31NO6. The third kappa shape index (κ3) is 4.72. The topological polar surface area (TPSA) is 78.2 Å². The van der Waals surface area contributed by atoms with Crippen molar-refractivity contribution in [3.05, 3.63) is 99.4 Å². The Bertz CT molecular complexity index is 1510. The van der Waals surface area contributed by atoms with Crippen LogP contribution in [0.4, 0.5) is 0 Å². The van der Waals surface area contributed by atoms with Gasteiger partial charge in [0.15, 0.2) is 16.9 Å². The normalized spacial score (nSPS) is 14.6. The second-order valence-corrected chi connectivity index (χ2v) is 9.32. The Hall–Kier alpha value is -4.26. The molecule has 1 aliphatic heterocycles. The maximum Gasteiger partial charge on any atom is 0.291 e. The third-order valence-corrected chi connectivity index (χ3v) is 6.89. The average molecular weight is 514 g/mol. The molecule has 4 aromatic rings. The highest BCUT2D eigenvalue weighted by Gasteiger charge is 2.43. The van der Waals surface area contributed by atoms with Gasteiger partial charge in [0.2, 0.25) is 5.76 Å². The summed E-state index contributed by atoms with van der Waals surface area (Å²) in [5.41, 5.74) is 2.16. The monoisotopic (exact) mass is 513 g/mol. The number of rotatable bonds is 10. The number of benzene rings is 3. The summed E-state index contributed by atoms with van der Waals surface area (Å²) in [6.45, 7) is 3.02. The van der Waals surface area contributed by atoms with Crippen LogP contribution in [-0.2, 0) is 6.54 Å². The van der Waals surface area contributed by atoms with Gasteiger partial charge in [0.1, 0.15) is 11.3 Å². The summed E-state index contributed by atoms with van der Waals surface area (Å²) in [5.74, 6) is 1.65. The Labute approximate surface area is 221 Å². The largest absolute Gasteiger partial charge is 0.497 e. The van der Waals surface area contributed by atoms with Crippen LogP contribution in [0.3, 0.4) is 0 Å². The molecule has 7 heteroatoms. The molecule has 0 saturated carbocycles. The zero-order valence-electron chi connectivity index (χ0n) is 21.9. The quantitative estimate of drug-likeness (QED) is 0.238. The van der Waals surface area contributed by atoms with Crippen molar-refractivity contribution in [1.82, 2.24) is 4.90 Å². The first kappa shape index (κ1) is 25.4. The van der Waals surface area contributed by atoms with Crippen molar-refractivity contribution in [3.63, 3.8) is 0 Å². The van der Waals surface area contributed by atoms with Crippen LogP contribution in [0, 0.1) is 0 Å². The summed E-state index contributed by atoms with van der Waals surface area (Å²) >= 11 is 0. The molecule has 0 N–H and O–H groups in total. The van der Waals surface area contributed by atoms with Crippen LogP contribution in [0.15, 0.2) is 75.9 Å². The van der Waals surface area contributed by atoms with Gasteiger partial charge in [-0.05, 0) is 53.9 Å². The number of para-hydroxylation sites is 1. The van der Waals surface area contributed by atoms with Gasteiger partial charge in [-0.25, -0.2) is 0 Å². The van der Waals surface area contributed by atoms with Crippen molar-refractivity contribution in [2.75, 3.05) is 20.8 Å². The van der Waals surface area contributed by atoms with Gasteiger partial charge in [0, 0.05) is 6.54 Å². The third-order valence-electron chi connectivity index (χ3n) is 6.89. The molecule has 1 aromatic heterocycles. The van der Waals surface area contributed by atoms with E-state index in [1.807, 2.05) is 42.5 Å². The fourth-order valence-corrected chi connectivity index (χ4v) is 4.91. The van der Waals surface area contributed by atoms with Crippen molar-refractivity contribution < 1.29 is 23.4 Å². The summed E-state index contributed by atoms with van der Waals surface area (Å²) < 4.78 is 22.9. The number of methoxy groups -OCH3 is 2. The molecule has 1 amide bonds. The molecule has 1 atom stereocenters. The first-order chi connectivity index (χ1) is 18.5. The minimum absolute atomic E-state index is 0.0751. The summed E-state index contributed by atoms with van der Waals surface area (Å²) in [5, 5.41) is 0.443. The average Bonchev–Trinajstić information content (AvgIpc) is 3.23. The van der Waals surface area contributed by atoms with Gasteiger partial charge in [-0.1, -0.05) is 50.1 Å². The minimum Gasteiger partial charge on any atom is -0.497 e. The van der Waals surface area contributed by atoms with E-state index in [2.05, 4.69) is 6.92 Å². The van der Waals surface area contributed by atoms with Crippen molar-refractivity contribution >= 4 is 16.9 Å². The van der Waals surface area contributed by atoms with Crippen LogP contribution in [0.5, 0.6) is 17.2 Å². The molecule has 0 fully saturated rings. The summed E-state index contributed by atoms with van der Waals surface area (Å²) in [6, 6.07) is 19.5. The van der Waals surface area contributed by atoms with E-state index < -0.39 is 6.04 Å². The van der Waals surface area contributed by atoms with Gasteiger partial charge in [-0.3, -0.25) is 9.59 Å². The van der Waals surface area contributed by atoms with Crippen molar-refractivity contribution in [2.45, 2.75) is 38.8 Å². The van der Waals surface area contributed by atoms with E-state index in [1.54, 1.807) is 43.4 Å². The Balaban J connectivity index is 1.59. The summed E-state index contributed by atoms with van der Waals surface area (Å²) in [7, 11) is 3.20. The highest BCUT2D eigenvalue weighted by molar-refractivity contribution is 5.99. The van der Waals surface area contributed by atoms with E-state index in [0.29, 0.717) is 34.6 Å². The van der Waals surface area contributed by atoms with Crippen molar-refractivity contribution in [1.29, 1.82) is 0 Å². The molecule has 0 radical (unpaired) electrons. The van der Waals surface area contributed by atoms with Crippen LogP contribution in [0.1, 0.15) is 59.5 Å². The predicted octanol–water partition coefficient (Wildman–Crippen LogP) is 6.12. The molecule has 3 aromatic carbocycles. The molecule has 196 valence electrons. The molecule has 0 aliphatic carbocycles. The lowest BCUT2D eigenvalue weighted by atomic mass is 9.97. The second-order valence-electron chi connectivity index (χ2n) is 9.32. The number of amides is 1. The molecule has 0 spiro atoms. The number of carbonyl (C=O) groups excluding carboxylic acids is 1. The fourth-order valence-electron chi connectivity index (χ4n) is 4.91. The molecule has 1 aliphatic rings. The minimum atomic E-state index is -0.650. The number of fused-ring (bicyclic) bond motifs is 2. The second kappa shape index (κ2) is 11.0. The molecule has 1 unspecified atom stereocenters. The maximum atomic E-state index is 13.7. The zero-order chi connectivity index (χ0) is 26.6. The highest BCUT2D eigenvalue weighted by atomic mass is 16.5. The first-order valence-electron chi connectivity index (χ1n) is 12.9. The van der Waals surface area contributed by atoms with Crippen LogP contribution < -0.4 is 19.6 Å². The fraction of sp³-hybridized carbons (Fsp3) is 0.290. The number of carbonyl (C=O) groups is 1. The first-order valence-corrected chi connectivity index (χ1v) is 12.9. The molecule has 0 bridgehead atoms. The molecule has 2 heterocycles. The Kier molecular flexibility index (Phi) is 7.36. The highest BCUT2D eigenvalue weighted by Crippen LogP contribution is 2.41. The Morgan fingerprint density at radius 2 is 1.68 bits per heavy atom. The number of hydrogen-bond donors (Lipinski definition) is 0.